The van der Waals surface area contributed by atoms with Gasteiger partial charge in [-0.1, -0.05) is 60.7 Å². The van der Waals surface area contributed by atoms with Crippen molar-refractivity contribution in [2.75, 3.05) is 0 Å². The lowest BCUT2D eigenvalue weighted by molar-refractivity contribution is 0.175. The Balaban J connectivity index is 2.09. The van der Waals surface area contributed by atoms with Gasteiger partial charge in [0.1, 0.15) is 11.6 Å². The molecule has 0 amide bonds. The van der Waals surface area contributed by atoms with Crippen LogP contribution in [-0.2, 0) is 11.7 Å². The second-order valence-corrected chi connectivity index (χ2v) is 5.17. The highest BCUT2D eigenvalue weighted by Crippen LogP contribution is 2.35. The minimum atomic E-state index is -0.284. The summed E-state index contributed by atoms with van der Waals surface area (Å²) < 4.78 is 0. The first-order valence-corrected chi connectivity index (χ1v) is 6.89. The molecule has 0 N–H and O–H groups in total. The molecule has 1 aromatic heterocycles. The summed E-state index contributed by atoms with van der Waals surface area (Å²) in [6.07, 6.45) is 0. The van der Waals surface area contributed by atoms with E-state index in [1.54, 1.807) is 11.3 Å². The molecule has 3 rings (SSSR count). The summed E-state index contributed by atoms with van der Waals surface area (Å²) >= 11 is 1.58. The second-order valence-electron chi connectivity index (χ2n) is 4.17. The van der Waals surface area contributed by atoms with Crippen LogP contribution in [0.1, 0.15) is 5.69 Å². The topological polar surface area (TPSA) is 32.8 Å². The Morgan fingerprint density at radius 3 is 2.00 bits per heavy atom. The molecule has 1 radical (unpaired) electrons. The van der Waals surface area contributed by atoms with Crippen molar-refractivity contribution in [2.45, 2.75) is 6.61 Å². The van der Waals surface area contributed by atoms with E-state index in [4.69, 9.17) is 0 Å². The van der Waals surface area contributed by atoms with Crippen LogP contribution in [0.25, 0.3) is 21.0 Å². The third kappa shape index (κ3) is 2.43. The van der Waals surface area contributed by atoms with Gasteiger partial charge in [0.2, 0.25) is 0 Å². The third-order valence-electron chi connectivity index (χ3n) is 2.89. The summed E-state index contributed by atoms with van der Waals surface area (Å²) in [5.74, 6) is 0. The molecular weight excluding hydrogens is 254 g/mol. The molecule has 93 valence electrons. The van der Waals surface area contributed by atoms with Gasteiger partial charge in [-0.25, -0.2) is 10.1 Å². The number of aromatic nitrogens is 1. The van der Waals surface area contributed by atoms with Crippen LogP contribution in [-0.4, -0.2) is 4.98 Å². The van der Waals surface area contributed by atoms with E-state index in [0.29, 0.717) is 5.69 Å². The molecule has 3 aromatic rings. The average Bonchev–Trinajstić information content (AvgIpc) is 2.93. The van der Waals surface area contributed by atoms with Crippen LogP contribution < -0.4 is 0 Å². The Hall–Kier alpha value is -1.97. The van der Waals surface area contributed by atoms with Gasteiger partial charge < -0.3 is 0 Å². The second kappa shape index (κ2) is 5.34. The van der Waals surface area contributed by atoms with E-state index in [2.05, 4.69) is 4.98 Å². The summed E-state index contributed by atoms with van der Waals surface area (Å²) in [6.45, 7) is -0.284. The maximum Gasteiger partial charge on any atom is 0.126 e. The van der Waals surface area contributed by atoms with E-state index in [0.717, 1.165) is 21.0 Å². The van der Waals surface area contributed by atoms with E-state index in [9.17, 15) is 5.11 Å². The Kier molecular flexibility index (Phi) is 3.40. The smallest absolute Gasteiger partial charge is 0.126 e. The lowest BCUT2D eigenvalue weighted by atomic mass is 10.1. The van der Waals surface area contributed by atoms with Gasteiger partial charge in [-0.2, -0.15) is 0 Å². The lowest BCUT2D eigenvalue weighted by Crippen LogP contribution is -1.85. The molecule has 0 unspecified atom stereocenters. The maximum absolute atomic E-state index is 11.3. The third-order valence-corrected chi connectivity index (χ3v) is 4.09. The lowest BCUT2D eigenvalue weighted by Gasteiger charge is -1.97. The average molecular weight is 266 g/mol. The van der Waals surface area contributed by atoms with E-state index < -0.39 is 0 Å². The molecule has 1 heterocycles. The summed E-state index contributed by atoms with van der Waals surface area (Å²) in [6, 6.07) is 19.9. The zero-order valence-corrected chi connectivity index (χ0v) is 11.1. The van der Waals surface area contributed by atoms with Crippen LogP contribution in [0.2, 0.25) is 0 Å². The predicted octanol–water partition coefficient (Wildman–Crippen LogP) is 4.41. The number of nitrogens with zero attached hydrogens (tertiary/aromatic N) is 1. The van der Waals surface area contributed by atoms with Crippen LogP contribution in [0.4, 0.5) is 0 Å². The molecule has 0 aliphatic rings. The van der Waals surface area contributed by atoms with Gasteiger partial charge in [-0.15, -0.1) is 11.3 Å². The molecule has 2 aromatic carbocycles. The zero-order valence-electron chi connectivity index (χ0n) is 10.2. The SMILES string of the molecule is [O]Cc1nc(-c2ccccc2)sc1-c1ccccc1. The van der Waals surface area contributed by atoms with E-state index in [1.165, 1.54) is 0 Å². The van der Waals surface area contributed by atoms with Crippen LogP contribution in [0.5, 0.6) is 0 Å². The quantitative estimate of drug-likeness (QED) is 0.691. The van der Waals surface area contributed by atoms with E-state index >= 15 is 0 Å². The Morgan fingerprint density at radius 2 is 1.42 bits per heavy atom. The molecule has 0 aliphatic heterocycles. The monoisotopic (exact) mass is 266 g/mol. The fraction of sp³-hybridized carbons (Fsp3) is 0.0625. The van der Waals surface area contributed by atoms with Crippen molar-refractivity contribution in [3.8, 4) is 21.0 Å². The molecule has 19 heavy (non-hydrogen) atoms. The molecule has 0 spiro atoms. The highest BCUT2D eigenvalue weighted by molar-refractivity contribution is 7.18. The van der Waals surface area contributed by atoms with Crippen molar-refractivity contribution >= 4 is 11.3 Å². The highest BCUT2D eigenvalue weighted by atomic mass is 32.1. The van der Waals surface area contributed by atoms with Crippen molar-refractivity contribution in [3.63, 3.8) is 0 Å². The minimum absolute atomic E-state index is 0.284. The minimum Gasteiger partial charge on any atom is -0.238 e. The van der Waals surface area contributed by atoms with Crippen LogP contribution in [0.15, 0.2) is 60.7 Å². The Bertz CT molecular complexity index is 662. The fourth-order valence-electron chi connectivity index (χ4n) is 1.97. The van der Waals surface area contributed by atoms with Crippen LogP contribution in [0.3, 0.4) is 0 Å². The van der Waals surface area contributed by atoms with Crippen LogP contribution in [0, 0.1) is 0 Å². The van der Waals surface area contributed by atoms with Crippen LogP contribution >= 0.6 is 11.3 Å². The summed E-state index contributed by atoms with van der Waals surface area (Å²) in [7, 11) is 0. The molecule has 2 nitrogen and oxygen atoms in total. The standard InChI is InChI=1S/C16H12NOS/c18-11-14-15(12-7-3-1-4-8-12)19-16(17-14)13-9-5-2-6-10-13/h1-10H,11H2. The largest absolute Gasteiger partial charge is 0.238 e. The highest BCUT2D eigenvalue weighted by Gasteiger charge is 2.13. The summed E-state index contributed by atoms with van der Waals surface area (Å²) in [4.78, 5) is 5.46. The van der Waals surface area contributed by atoms with Crippen molar-refractivity contribution in [3.05, 3.63) is 66.4 Å². The van der Waals surface area contributed by atoms with Gasteiger partial charge in [0.05, 0.1) is 10.6 Å². The van der Waals surface area contributed by atoms with Crippen molar-refractivity contribution in [1.29, 1.82) is 0 Å². The molecule has 0 bridgehead atoms. The number of hydrogen-bond acceptors (Lipinski definition) is 2. The molecular formula is C16H12NOS. The van der Waals surface area contributed by atoms with Crippen molar-refractivity contribution < 1.29 is 5.11 Å². The summed E-state index contributed by atoms with van der Waals surface area (Å²) in [5.41, 5.74) is 2.76. The van der Waals surface area contributed by atoms with Gasteiger partial charge >= 0.3 is 0 Å². The van der Waals surface area contributed by atoms with Gasteiger partial charge in [0.25, 0.3) is 0 Å². The number of thiazole rings is 1. The zero-order chi connectivity index (χ0) is 13.1. The van der Waals surface area contributed by atoms with E-state index in [-0.39, 0.29) is 6.61 Å². The normalized spacial score (nSPS) is 10.6. The van der Waals surface area contributed by atoms with Gasteiger partial charge in [0, 0.05) is 5.56 Å². The first-order chi connectivity index (χ1) is 9.38. The molecule has 0 atom stereocenters. The summed E-state index contributed by atoms with van der Waals surface area (Å²) in [5, 5.41) is 12.2. The molecule has 0 aliphatic carbocycles. The first kappa shape index (κ1) is 12.1. The molecule has 0 fully saturated rings. The first-order valence-electron chi connectivity index (χ1n) is 6.07. The Labute approximate surface area is 116 Å². The maximum atomic E-state index is 11.3. The van der Waals surface area contributed by atoms with Gasteiger partial charge in [-0.05, 0) is 5.56 Å². The van der Waals surface area contributed by atoms with E-state index in [1.807, 2.05) is 60.7 Å². The predicted molar refractivity (Wildman–Crippen MR) is 77.4 cm³/mol. The molecule has 0 saturated carbocycles. The molecule has 3 heteroatoms. The van der Waals surface area contributed by atoms with Gasteiger partial charge in [0.15, 0.2) is 0 Å². The number of hydrogen-bond donors (Lipinski definition) is 0. The number of rotatable bonds is 3. The number of benzene rings is 2. The van der Waals surface area contributed by atoms with Crippen molar-refractivity contribution in [1.82, 2.24) is 4.98 Å². The van der Waals surface area contributed by atoms with Gasteiger partial charge in [-0.3, -0.25) is 0 Å². The fourth-order valence-corrected chi connectivity index (χ4v) is 3.05. The van der Waals surface area contributed by atoms with Crippen molar-refractivity contribution in [2.24, 2.45) is 0 Å². The Morgan fingerprint density at radius 1 is 0.842 bits per heavy atom. The molecule has 0 saturated heterocycles.